The monoisotopic (exact) mass is 386 g/mol. The molecule has 2 unspecified atom stereocenters. The number of carbonyl (C=O) groups is 1. The summed E-state index contributed by atoms with van der Waals surface area (Å²) in [6, 6.07) is 0.335. The highest BCUT2D eigenvalue weighted by molar-refractivity contribution is 6.28. The van der Waals surface area contributed by atoms with E-state index in [9.17, 15) is 9.90 Å². The molecule has 1 amide bonds. The zero-order valence-electron chi connectivity index (χ0n) is 17.7. The average molecular weight is 387 g/mol. The largest absolute Gasteiger partial charge is 0.389 e. The van der Waals surface area contributed by atoms with Gasteiger partial charge in [-0.25, -0.2) is 0 Å². The fourth-order valence-corrected chi connectivity index (χ4v) is 4.26. The molecule has 28 heavy (non-hydrogen) atoms. The Labute approximate surface area is 168 Å². The number of nitrogens with one attached hydrogen (secondary N) is 2. The highest BCUT2D eigenvalue weighted by Gasteiger charge is 2.55. The topological polar surface area (TPSA) is 79.7 Å². The Bertz CT molecular complexity index is 717. The van der Waals surface area contributed by atoms with Crippen LogP contribution in [0.3, 0.4) is 0 Å². The van der Waals surface area contributed by atoms with Crippen LogP contribution in [-0.4, -0.2) is 71.4 Å². The molecule has 2 aliphatic carbocycles. The first kappa shape index (κ1) is 20.8. The molecule has 0 radical (unpaired) electrons. The number of piperidine rings is 1. The van der Waals surface area contributed by atoms with Gasteiger partial charge in [-0.1, -0.05) is 12.2 Å². The van der Waals surface area contributed by atoms with Crippen LogP contribution in [0, 0.1) is 23.2 Å². The van der Waals surface area contributed by atoms with Crippen molar-refractivity contribution >= 4 is 11.6 Å². The van der Waals surface area contributed by atoms with Gasteiger partial charge in [0.1, 0.15) is 0 Å². The van der Waals surface area contributed by atoms with Crippen molar-refractivity contribution < 1.29 is 9.90 Å². The third kappa shape index (κ3) is 4.73. The van der Waals surface area contributed by atoms with Crippen molar-refractivity contribution in [2.45, 2.75) is 39.3 Å². The first-order valence-corrected chi connectivity index (χ1v) is 10.2. The van der Waals surface area contributed by atoms with Crippen LogP contribution in [-0.2, 0) is 4.79 Å². The van der Waals surface area contributed by atoms with Crippen molar-refractivity contribution in [2.75, 3.05) is 33.2 Å². The van der Waals surface area contributed by atoms with Crippen molar-refractivity contribution in [3.05, 3.63) is 35.6 Å². The Hall–Kier alpha value is -1.92. The molecule has 0 aromatic rings. The van der Waals surface area contributed by atoms with Crippen LogP contribution < -0.4 is 5.32 Å². The lowest BCUT2D eigenvalue weighted by Gasteiger charge is -2.27. The Balaban J connectivity index is 1.49. The molecule has 3 rings (SSSR count). The SMILES string of the molecule is CC(C)N(C)/C=C1/C=CC=C(C(=O)NCC2C3CN(CC(C)(C)O)CC23)C1=N. The predicted octanol–water partition coefficient (Wildman–Crippen LogP) is 1.79. The first-order chi connectivity index (χ1) is 13.1. The van der Waals surface area contributed by atoms with Crippen molar-refractivity contribution in [1.29, 1.82) is 5.41 Å². The van der Waals surface area contributed by atoms with Gasteiger partial charge in [-0.2, -0.15) is 0 Å². The van der Waals surface area contributed by atoms with Gasteiger partial charge in [-0.3, -0.25) is 15.1 Å². The number of β-amino-alcohol motifs (C(OH)–C–C–N with tert-alkyl or cyclic N) is 1. The van der Waals surface area contributed by atoms with E-state index in [1.165, 1.54) is 0 Å². The molecule has 6 nitrogen and oxygen atoms in total. The Morgan fingerprint density at radius 3 is 2.64 bits per heavy atom. The number of carbonyl (C=O) groups excluding carboxylic acids is 1. The van der Waals surface area contributed by atoms with E-state index in [0.717, 1.165) is 18.7 Å². The van der Waals surface area contributed by atoms with Crippen LogP contribution in [0.25, 0.3) is 0 Å². The van der Waals surface area contributed by atoms with E-state index in [0.29, 0.717) is 42.5 Å². The molecule has 0 aromatic heterocycles. The minimum Gasteiger partial charge on any atom is -0.389 e. The molecule has 1 saturated heterocycles. The predicted molar refractivity (Wildman–Crippen MR) is 112 cm³/mol. The minimum atomic E-state index is -0.656. The van der Waals surface area contributed by atoms with Gasteiger partial charge in [0.25, 0.3) is 5.91 Å². The fraction of sp³-hybridized carbons (Fsp3) is 0.636. The molecular weight excluding hydrogens is 352 g/mol. The molecular formula is C22H34N4O2. The summed E-state index contributed by atoms with van der Waals surface area (Å²) in [6.45, 7) is 11.3. The summed E-state index contributed by atoms with van der Waals surface area (Å²) >= 11 is 0. The number of aliphatic hydroxyl groups is 1. The number of amides is 1. The molecule has 1 heterocycles. The smallest absolute Gasteiger partial charge is 0.253 e. The van der Waals surface area contributed by atoms with Crippen LogP contribution in [0.5, 0.6) is 0 Å². The molecule has 0 bridgehead atoms. The Morgan fingerprint density at radius 1 is 1.43 bits per heavy atom. The second-order valence-electron chi connectivity index (χ2n) is 9.37. The van der Waals surface area contributed by atoms with Gasteiger partial charge >= 0.3 is 0 Å². The molecule has 154 valence electrons. The maximum absolute atomic E-state index is 12.6. The molecule has 2 fully saturated rings. The average Bonchev–Trinajstić information content (AvgIpc) is 3.04. The van der Waals surface area contributed by atoms with E-state index in [-0.39, 0.29) is 11.6 Å². The van der Waals surface area contributed by atoms with Gasteiger partial charge in [0.15, 0.2) is 0 Å². The van der Waals surface area contributed by atoms with Crippen LogP contribution in [0.15, 0.2) is 35.6 Å². The van der Waals surface area contributed by atoms with Gasteiger partial charge in [0, 0.05) is 51.0 Å². The normalized spacial score (nSPS) is 28.5. The van der Waals surface area contributed by atoms with Gasteiger partial charge < -0.3 is 15.3 Å². The summed E-state index contributed by atoms with van der Waals surface area (Å²) in [6.07, 6.45) is 7.36. The number of hydrogen-bond acceptors (Lipinski definition) is 5. The maximum Gasteiger partial charge on any atom is 0.253 e. The first-order valence-electron chi connectivity index (χ1n) is 10.2. The molecule has 0 aromatic carbocycles. The number of hydrogen-bond donors (Lipinski definition) is 3. The quantitative estimate of drug-likeness (QED) is 0.623. The molecule has 1 aliphatic heterocycles. The lowest BCUT2D eigenvalue weighted by Crippen LogP contribution is -2.39. The Morgan fingerprint density at radius 2 is 2.07 bits per heavy atom. The molecule has 0 spiro atoms. The summed E-state index contributed by atoms with van der Waals surface area (Å²) in [7, 11) is 1.98. The van der Waals surface area contributed by atoms with Crippen LogP contribution in [0.4, 0.5) is 0 Å². The van der Waals surface area contributed by atoms with Crippen molar-refractivity contribution in [1.82, 2.24) is 15.1 Å². The van der Waals surface area contributed by atoms with Gasteiger partial charge in [0.05, 0.1) is 16.9 Å². The van der Waals surface area contributed by atoms with E-state index >= 15 is 0 Å². The fourth-order valence-electron chi connectivity index (χ4n) is 4.26. The maximum atomic E-state index is 12.6. The van der Waals surface area contributed by atoms with E-state index in [4.69, 9.17) is 5.41 Å². The molecule has 2 atom stereocenters. The Kier molecular flexibility index (Phi) is 5.82. The minimum absolute atomic E-state index is 0.161. The number of nitrogens with zero attached hydrogens (tertiary/aromatic N) is 2. The van der Waals surface area contributed by atoms with Crippen LogP contribution in [0.1, 0.15) is 27.7 Å². The van der Waals surface area contributed by atoms with E-state index in [1.54, 1.807) is 6.08 Å². The van der Waals surface area contributed by atoms with E-state index in [2.05, 4.69) is 24.1 Å². The third-order valence-electron chi connectivity index (χ3n) is 6.05. The lowest BCUT2D eigenvalue weighted by atomic mass is 9.97. The lowest BCUT2D eigenvalue weighted by molar-refractivity contribution is -0.117. The van der Waals surface area contributed by atoms with Crippen molar-refractivity contribution in [2.24, 2.45) is 17.8 Å². The highest BCUT2D eigenvalue weighted by atomic mass is 16.3. The summed E-state index contributed by atoms with van der Waals surface area (Å²) < 4.78 is 0. The summed E-state index contributed by atoms with van der Waals surface area (Å²) in [5.41, 5.74) is 0.811. The number of rotatable bonds is 7. The molecule has 3 aliphatic rings. The van der Waals surface area contributed by atoms with Crippen LogP contribution in [0.2, 0.25) is 0 Å². The molecule has 3 N–H and O–H groups in total. The van der Waals surface area contributed by atoms with E-state index in [1.807, 2.05) is 44.1 Å². The number of fused-ring (bicyclic) bond motifs is 1. The highest BCUT2D eigenvalue weighted by Crippen LogP contribution is 2.51. The second-order valence-corrected chi connectivity index (χ2v) is 9.37. The standard InChI is InChI=1S/C22H34N4O2/c1-14(2)25(5)10-15-7-6-8-16(20(15)23)21(27)24-9-17-18-11-26(12-19(17)18)13-22(3,4)28/h6-8,10,14,17-19,23,28H,9,11-13H2,1-5H3,(H,24,27)/b15-10-,23-20?. The number of allylic oxidation sites excluding steroid dienone is 4. The summed E-state index contributed by atoms with van der Waals surface area (Å²) in [4.78, 5) is 17.0. The van der Waals surface area contributed by atoms with E-state index < -0.39 is 5.60 Å². The molecule has 1 saturated carbocycles. The van der Waals surface area contributed by atoms with Crippen molar-refractivity contribution in [3.8, 4) is 0 Å². The zero-order valence-corrected chi connectivity index (χ0v) is 17.7. The summed E-state index contributed by atoms with van der Waals surface area (Å²) in [5.74, 6) is 1.61. The number of likely N-dealkylation sites (tertiary alicyclic amines) is 1. The second kappa shape index (κ2) is 7.84. The van der Waals surface area contributed by atoms with Gasteiger partial charge in [0.2, 0.25) is 0 Å². The van der Waals surface area contributed by atoms with Gasteiger partial charge in [-0.05, 0) is 51.5 Å². The zero-order chi connectivity index (χ0) is 20.6. The molecule has 6 heteroatoms. The summed E-state index contributed by atoms with van der Waals surface area (Å²) in [5, 5.41) is 21.4. The third-order valence-corrected chi connectivity index (χ3v) is 6.05. The van der Waals surface area contributed by atoms with Crippen molar-refractivity contribution in [3.63, 3.8) is 0 Å². The van der Waals surface area contributed by atoms with Gasteiger partial charge in [-0.15, -0.1) is 0 Å². The van der Waals surface area contributed by atoms with Crippen LogP contribution >= 0.6 is 0 Å².